The zero-order valence-electron chi connectivity index (χ0n) is 23.3. The molecule has 2 aliphatic rings. The summed E-state index contributed by atoms with van der Waals surface area (Å²) in [5.41, 5.74) is -2.10. The molecule has 3 aromatic heterocycles. The van der Waals surface area contributed by atoms with E-state index >= 15 is 8.78 Å². The number of carbonyl (C=O) groups excluding carboxylic acids is 1. The summed E-state index contributed by atoms with van der Waals surface area (Å²) in [6.45, 7) is 6.04. The van der Waals surface area contributed by atoms with Crippen LogP contribution in [0.15, 0.2) is 65.1 Å². The summed E-state index contributed by atoms with van der Waals surface area (Å²) in [4.78, 5) is 42.2. The van der Waals surface area contributed by atoms with Crippen LogP contribution in [0.5, 0.6) is 0 Å². The molecule has 2 saturated heterocycles. The highest BCUT2D eigenvalue weighted by Gasteiger charge is 2.38. The normalized spacial score (nSPS) is 17.5. The van der Waals surface area contributed by atoms with E-state index in [1.54, 1.807) is 9.80 Å². The first-order valence-corrected chi connectivity index (χ1v) is 15.5. The molecule has 4 aromatic rings. The van der Waals surface area contributed by atoms with E-state index in [-0.39, 0.29) is 77.9 Å². The Hall–Kier alpha value is -4.27. The third kappa shape index (κ3) is 4.92. The number of amides is 1. The monoisotopic (exact) mass is 642 g/mol. The number of aromatic nitrogens is 4. The highest BCUT2D eigenvalue weighted by molar-refractivity contribution is 7.92. The second kappa shape index (κ2) is 11.3. The third-order valence-corrected chi connectivity index (χ3v) is 10.0. The molecule has 44 heavy (non-hydrogen) atoms. The summed E-state index contributed by atoms with van der Waals surface area (Å²) in [5, 5.41) is -1.36. The predicted octanol–water partition coefficient (Wildman–Crippen LogP) is 3.17. The Morgan fingerprint density at radius 2 is 1.91 bits per heavy atom. The lowest BCUT2D eigenvalue weighted by Crippen LogP contribution is -2.54. The van der Waals surface area contributed by atoms with Crippen LogP contribution in [0, 0.1) is 11.6 Å². The zero-order chi connectivity index (χ0) is 31.3. The average Bonchev–Trinajstić information content (AvgIpc) is 2.96. The number of pyridine rings is 2. The second-order valence-electron chi connectivity index (χ2n) is 10.4. The summed E-state index contributed by atoms with van der Waals surface area (Å²) >= 11 is 6.26. The molecule has 11 nitrogen and oxygen atoms in total. The highest BCUT2D eigenvalue weighted by atomic mass is 35.5. The fourth-order valence-electron chi connectivity index (χ4n) is 5.37. The van der Waals surface area contributed by atoms with E-state index in [1.807, 2.05) is 6.92 Å². The molecule has 0 saturated carbocycles. The minimum absolute atomic E-state index is 0.0389. The topological polar surface area (TPSA) is 128 Å². The van der Waals surface area contributed by atoms with Crippen molar-refractivity contribution in [3.63, 3.8) is 0 Å². The molecule has 0 N–H and O–H groups in total. The molecule has 0 spiro atoms. The fourth-order valence-corrected chi connectivity index (χ4v) is 7.14. The first-order valence-electron chi connectivity index (χ1n) is 13.6. The summed E-state index contributed by atoms with van der Waals surface area (Å²) in [6, 6.07) is 7.32. The largest absolute Gasteiger partial charge is 0.379 e. The van der Waals surface area contributed by atoms with Crippen molar-refractivity contribution in [2.45, 2.75) is 23.2 Å². The molecule has 6 rings (SSSR count). The van der Waals surface area contributed by atoms with Gasteiger partial charge < -0.3 is 14.5 Å². The van der Waals surface area contributed by atoms with Gasteiger partial charge >= 0.3 is 5.69 Å². The summed E-state index contributed by atoms with van der Waals surface area (Å²) in [6.07, 6.45) is 2.48. The Labute approximate surface area is 255 Å². The van der Waals surface area contributed by atoms with Crippen molar-refractivity contribution in [2.24, 2.45) is 0 Å². The van der Waals surface area contributed by atoms with Gasteiger partial charge in [0.2, 0.25) is 15.7 Å². The molecule has 0 unspecified atom stereocenters. The molecule has 0 bridgehead atoms. The third-order valence-electron chi connectivity index (χ3n) is 7.69. The van der Waals surface area contributed by atoms with Gasteiger partial charge in [-0.2, -0.15) is 4.98 Å². The van der Waals surface area contributed by atoms with Crippen molar-refractivity contribution in [1.82, 2.24) is 24.4 Å². The van der Waals surface area contributed by atoms with Gasteiger partial charge in [0.05, 0.1) is 34.9 Å². The smallest absolute Gasteiger partial charge is 0.355 e. The van der Waals surface area contributed by atoms with Crippen molar-refractivity contribution >= 4 is 44.2 Å². The molecule has 2 aliphatic heterocycles. The number of halogens is 3. The molecular formula is C29H25ClF2N6O5S. The summed E-state index contributed by atoms with van der Waals surface area (Å²) < 4.78 is 63.9. The number of piperazine rings is 1. The van der Waals surface area contributed by atoms with E-state index in [9.17, 15) is 18.0 Å². The van der Waals surface area contributed by atoms with Crippen molar-refractivity contribution in [3.8, 4) is 16.9 Å². The highest BCUT2D eigenvalue weighted by Crippen LogP contribution is 2.36. The minimum Gasteiger partial charge on any atom is -0.379 e. The van der Waals surface area contributed by atoms with Crippen LogP contribution in [0.4, 0.5) is 14.6 Å². The van der Waals surface area contributed by atoms with E-state index < -0.39 is 43.1 Å². The number of hydrogen-bond donors (Lipinski definition) is 0. The van der Waals surface area contributed by atoms with E-state index in [2.05, 4.69) is 21.5 Å². The van der Waals surface area contributed by atoms with Gasteiger partial charge in [0.15, 0.2) is 16.5 Å². The van der Waals surface area contributed by atoms with Gasteiger partial charge in [-0.25, -0.2) is 36.5 Å². The first-order chi connectivity index (χ1) is 21.0. The lowest BCUT2D eigenvalue weighted by molar-refractivity contribution is -0.126. The van der Waals surface area contributed by atoms with Crippen molar-refractivity contribution in [2.75, 3.05) is 37.7 Å². The SMILES string of the molecule is C=CC(=O)N1CCN(c2nc(=O)n(-c3cccnc3S(=O)(=O)C3COC3)c3nc(-c4c(F)cccc4Cl)c(F)cc23)[C@@H](C)C1. The van der Waals surface area contributed by atoms with Crippen molar-refractivity contribution in [1.29, 1.82) is 0 Å². The number of ether oxygens (including phenoxy) is 1. The molecule has 2 fully saturated rings. The van der Waals surface area contributed by atoms with Crippen molar-refractivity contribution in [3.05, 3.63) is 82.4 Å². The van der Waals surface area contributed by atoms with Crippen LogP contribution in [-0.2, 0) is 19.4 Å². The molecule has 0 aliphatic carbocycles. The molecule has 1 atom stereocenters. The van der Waals surface area contributed by atoms with Crippen LogP contribution >= 0.6 is 11.6 Å². The van der Waals surface area contributed by atoms with E-state index in [1.165, 1.54) is 36.5 Å². The molecule has 228 valence electrons. The zero-order valence-corrected chi connectivity index (χ0v) is 24.9. The van der Waals surface area contributed by atoms with Gasteiger partial charge in [-0.15, -0.1) is 0 Å². The van der Waals surface area contributed by atoms with Crippen molar-refractivity contribution < 1.29 is 26.7 Å². The number of carbonyl (C=O) groups is 1. The number of sulfone groups is 1. The van der Waals surface area contributed by atoms with Gasteiger partial charge in [-0.3, -0.25) is 4.79 Å². The molecular weight excluding hydrogens is 618 g/mol. The standard InChI is InChI=1S/C29H25ClF2N6O5S/c1-3-23(39)36-10-11-37(16(2)13-36)26-18-12-21(32)25(24-19(30)6-4-7-20(24)31)34-27(18)38(29(40)35-26)22-8-5-9-33-28(22)44(41,42)17-14-43-15-17/h3-9,12,16-17H,1,10-11,13-15H2,2H3/t16-/m0/s1. The van der Waals surface area contributed by atoms with Gasteiger partial charge in [0.25, 0.3) is 0 Å². The van der Waals surface area contributed by atoms with Crippen LogP contribution in [-0.4, -0.2) is 82.9 Å². The fraction of sp³-hybridized carbons (Fsp3) is 0.276. The number of rotatable bonds is 6. The van der Waals surface area contributed by atoms with E-state index in [4.69, 9.17) is 16.3 Å². The summed E-state index contributed by atoms with van der Waals surface area (Å²) in [7, 11) is -4.07. The average molecular weight is 643 g/mol. The van der Waals surface area contributed by atoms with E-state index in [0.717, 1.165) is 16.7 Å². The Morgan fingerprint density at radius 3 is 2.57 bits per heavy atom. The Balaban J connectivity index is 1.63. The number of nitrogens with zero attached hydrogens (tertiary/aromatic N) is 6. The number of benzene rings is 1. The lowest BCUT2D eigenvalue weighted by atomic mass is 10.1. The Bertz CT molecular complexity index is 1980. The number of anilines is 1. The lowest BCUT2D eigenvalue weighted by Gasteiger charge is -2.40. The van der Waals surface area contributed by atoms with Gasteiger partial charge in [-0.05, 0) is 43.3 Å². The van der Waals surface area contributed by atoms with E-state index in [0.29, 0.717) is 0 Å². The predicted molar refractivity (Wildman–Crippen MR) is 159 cm³/mol. The van der Waals surface area contributed by atoms with Gasteiger partial charge in [-0.1, -0.05) is 24.2 Å². The summed E-state index contributed by atoms with van der Waals surface area (Å²) in [5.74, 6) is -1.99. The Kier molecular flexibility index (Phi) is 7.68. The van der Waals surface area contributed by atoms with Gasteiger partial charge in [0.1, 0.15) is 22.6 Å². The second-order valence-corrected chi connectivity index (χ2v) is 13.0. The van der Waals surface area contributed by atoms with Crippen LogP contribution in [0.25, 0.3) is 28.0 Å². The van der Waals surface area contributed by atoms with Gasteiger partial charge in [0, 0.05) is 31.9 Å². The molecule has 1 aromatic carbocycles. The maximum absolute atomic E-state index is 15.9. The first kappa shape index (κ1) is 29.8. The van der Waals surface area contributed by atoms with Crippen LogP contribution in [0.1, 0.15) is 6.92 Å². The quantitative estimate of drug-likeness (QED) is 0.291. The molecule has 15 heteroatoms. The molecule has 1 amide bonds. The number of hydrogen-bond acceptors (Lipinski definition) is 9. The molecule has 0 radical (unpaired) electrons. The maximum atomic E-state index is 15.9. The van der Waals surface area contributed by atoms with Crippen LogP contribution in [0.3, 0.4) is 0 Å². The Morgan fingerprint density at radius 1 is 1.14 bits per heavy atom. The van der Waals surface area contributed by atoms with Crippen LogP contribution < -0.4 is 10.6 Å². The van der Waals surface area contributed by atoms with Crippen LogP contribution in [0.2, 0.25) is 5.02 Å². The number of fused-ring (bicyclic) bond motifs is 1. The maximum Gasteiger partial charge on any atom is 0.355 e. The molecule has 5 heterocycles. The minimum atomic E-state index is -4.07.